The fraction of sp³-hybridized carbons (Fsp3) is 0.265. The van der Waals surface area contributed by atoms with Gasteiger partial charge in [-0.1, -0.05) is 80.1 Å². The Morgan fingerprint density at radius 3 is 2.59 bits per heavy atom. The third-order valence-corrected chi connectivity index (χ3v) is 7.35. The van der Waals surface area contributed by atoms with Gasteiger partial charge in [0, 0.05) is 17.7 Å². The third kappa shape index (κ3) is 6.69. The number of hydrogen-bond donors (Lipinski definition) is 1. The van der Waals surface area contributed by atoms with Crippen molar-refractivity contribution in [2.24, 2.45) is 0 Å². The molecule has 0 aliphatic heterocycles. The second-order valence-corrected chi connectivity index (χ2v) is 10.6. The summed E-state index contributed by atoms with van der Waals surface area (Å²) < 4.78 is 16.2. The highest BCUT2D eigenvalue weighted by Gasteiger charge is 2.20. The molecule has 0 saturated heterocycles. The van der Waals surface area contributed by atoms with E-state index in [-0.39, 0.29) is 24.3 Å². The fourth-order valence-corrected chi connectivity index (χ4v) is 5.03. The Morgan fingerprint density at radius 2 is 1.80 bits per heavy atom. The maximum Gasteiger partial charge on any atom is 0.252 e. The lowest BCUT2D eigenvalue weighted by molar-refractivity contribution is 0.0941. The van der Waals surface area contributed by atoms with E-state index in [1.54, 1.807) is 29.1 Å². The van der Waals surface area contributed by atoms with E-state index in [1.807, 2.05) is 55.5 Å². The van der Waals surface area contributed by atoms with Gasteiger partial charge in [-0.3, -0.25) is 4.79 Å². The fourth-order valence-electron chi connectivity index (χ4n) is 5.03. The maximum absolute atomic E-state index is 14.5. The summed E-state index contributed by atoms with van der Waals surface area (Å²) in [5, 5.41) is 8.29. The monoisotopic (exact) mass is 549 g/mol. The van der Waals surface area contributed by atoms with Crippen molar-refractivity contribution in [3.8, 4) is 11.3 Å². The van der Waals surface area contributed by atoms with Crippen LogP contribution in [0.2, 0.25) is 0 Å². The van der Waals surface area contributed by atoms with Gasteiger partial charge in [-0.2, -0.15) is 5.10 Å². The molecule has 0 bridgehead atoms. The van der Waals surface area contributed by atoms with Crippen LogP contribution in [-0.2, 0) is 13.1 Å². The molecule has 1 atom stereocenters. The summed E-state index contributed by atoms with van der Waals surface area (Å²) in [7, 11) is 2.13. The molecule has 1 amide bonds. The molecule has 5 aromatic rings. The lowest BCUT2D eigenvalue weighted by Crippen LogP contribution is -2.27. The molecule has 0 spiro atoms. The lowest BCUT2D eigenvalue weighted by atomic mass is 10.0. The summed E-state index contributed by atoms with van der Waals surface area (Å²) in [5.74, 6) is -0.516. The first-order valence-electron chi connectivity index (χ1n) is 14.2. The molecule has 0 aliphatic carbocycles. The molecule has 0 unspecified atom stereocenters. The largest absolute Gasteiger partial charge is 0.345 e. The van der Waals surface area contributed by atoms with Crippen LogP contribution in [0.5, 0.6) is 0 Å². The van der Waals surface area contributed by atoms with Crippen molar-refractivity contribution in [3.63, 3.8) is 0 Å². The number of fused-ring (bicyclic) bond motifs is 1. The minimum atomic E-state index is -0.304. The lowest BCUT2D eigenvalue weighted by Gasteiger charge is -2.17. The van der Waals surface area contributed by atoms with Crippen molar-refractivity contribution in [2.75, 3.05) is 13.6 Å². The second-order valence-electron chi connectivity index (χ2n) is 10.6. The van der Waals surface area contributed by atoms with Gasteiger partial charge < -0.3 is 10.2 Å². The van der Waals surface area contributed by atoms with Crippen molar-refractivity contribution < 1.29 is 9.18 Å². The molecule has 0 aliphatic rings. The number of nitrogens with zero attached hydrogens (tertiary/aromatic N) is 4. The van der Waals surface area contributed by atoms with Crippen LogP contribution in [-0.4, -0.2) is 39.2 Å². The first-order valence-corrected chi connectivity index (χ1v) is 14.2. The molecule has 1 N–H and O–H groups in total. The van der Waals surface area contributed by atoms with E-state index >= 15 is 0 Å². The number of benzene rings is 3. The standard InChI is InChI=1S/C34H36FN5O/c1-4-5-18-39(3)22-25-12-11-16-27(19-25)32-20-29(34(41)37-24(2)26-13-7-6-8-14-26)30-21-36-40(33(30)38-32)23-28-15-9-10-17-31(28)35/h6-17,19-21,24H,4-5,18,22-23H2,1-3H3,(H,37,41)/t24-/m0/s1. The molecular formula is C34H36FN5O. The normalized spacial score (nSPS) is 12.1. The SMILES string of the molecule is CCCCN(C)Cc1cccc(-c2cc(C(=O)N[C@@H](C)c3ccccc3)c3cnn(Cc4ccccc4F)c3n2)c1. The van der Waals surface area contributed by atoms with Crippen LogP contribution in [0, 0.1) is 5.82 Å². The summed E-state index contributed by atoms with van der Waals surface area (Å²) in [6, 6.07) is 26.4. The maximum atomic E-state index is 14.5. The molecule has 6 nitrogen and oxygen atoms in total. The summed E-state index contributed by atoms with van der Waals surface area (Å²) in [5.41, 5.74) is 5.30. The van der Waals surface area contributed by atoms with Crippen molar-refractivity contribution in [1.29, 1.82) is 0 Å². The molecule has 0 fully saturated rings. The Balaban J connectivity index is 1.54. The molecular weight excluding hydrogens is 513 g/mol. The van der Waals surface area contributed by atoms with Gasteiger partial charge in [0.2, 0.25) is 0 Å². The highest BCUT2D eigenvalue weighted by atomic mass is 19.1. The minimum Gasteiger partial charge on any atom is -0.345 e. The molecule has 7 heteroatoms. The van der Waals surface area contributed by atoms with Crippen LogP contribution in [0.15, 0.2) is 91.1 Å². The Kier molecular flexibility index (Phi) is 8.85. The molecule has 2 heterocycles. The zero-order chi connectivity index (χ0) is 28.8. The number of unbranched alkanes of at least 4 members (excludes halogenated alkanes) is 1. The first kappa shape index (κ1) is 28.2. The zero-order valence-corrected chi connectivity index (χ0v) is 23.8. The average molecular weight is 550 g/mol. The van der Waals surface area contributed by atoms with Crippen molar-refractivity contribution >= 4 is 16.9 Å². The molecule has 210 valence electrons. The van der Waals surface area contributed by atoms with Gasteiger partial charge in [-0.15, -0.1) is 0 Å². The predicted octanol–water partition coefficient (Wildman–Crippen LogP) is 7.01. The van der Waals surface area contributed by atoms with Crippen LogP contribution < -0.4 is 5.32 Å². The molecule has 3 aromatic carbocycles. The number of carbonyl (C=O) groups is 1. The first-order chi connectivity index (χ1) is 19.9. The van der Waals surface area contributed by atoms with Crippen LogP contribution in [0.25, 0.3) is 22.3 Å². The minimum absolute atomic E-state index is 0.189. The van der Waals surface area contributed by atoms with E-state index in [0.717, 1.165) is 37.1 Å². The Labute approximate surface area is 240 Å². The van der Waals surface area contributed by atoms with Crippen LogP contribution in [0.3, 0.4) is 0 Å². The van der Waals surface area contributed by atoms with E-state index < -0.39 is 0 Å². The molecule has 0 saturated carbocycles. The summed E-state index contributed by atoms with van der Waals surface area (Å²) in [4.78, 5) is 21.0. The van der Waals surface area contributed by atoms with E-state index in [0.29, 0.717) is 27.9 Å². The van der Waals surface area contributed by atoms with Gasteiger partial charge in [0.25, 0.3) is 5.91 Å². The van der Waals surface area contributed by atoms with Gasteiger partial charge in [-0.25, -0.2) is 14.1 Å². The van der Waals surface area contributed by atoms with Gasteiger partial charge in [-0.05, 0) is 56.3 Å². The van der Waals surface area contributed by atoms with Crippen LogP contribution in [0.1, 0.15) is 59.8 Å². The Morgan fingerprint density at radius 1 is 1.02 bits per heavy atom. The van der Waals surface area contributed by atoms with E-state index in [4.69, 9.17) is 4.98 Å². The van der Waals surface area contributed by atoms with E-state index in [9.17, 15) is 9.18 Å². The molecule has 5 rings (SSSR count). The van der Waals surface area contributed by atoms with Crippen molar-refractivity contribution in [2.45, 2.75) is 45.8 Å². The van der Waals surface area contributed by atoms with Gasteiger partial charge >= 0.3 is 0 Å². The van der Waals surface area contributed by atoms with Gasteiger partial charge in [0.1, 0.15) is 5.82 Å². The number of nitrogens with one attached hydrogen (secondary N) is 1. The number of rotatable bonds is 11. The van der Waals surface area contributed by atoms with Crippen molar-refractivity contribution in [1.82, 2.24) is 25.0 Å². The molecule has 2 aromatic heterocycles. The average Bonchev–Trinajstić information content (AvgIpc) is 3.39. The number of carbonyl (C=O) groups excluding carboxylic acids is 1. The number of amides is 1. The number of pyridine rings is 1. The summed E-state index contributed by atoms with van der Waals surface area (Å²) >= 11 is 0. The highest BCUT2D eigenvalue weighted by Crippen LogP contribution is 2.27. The van der Waals surface area contributed by atoms with Crippen molar-refractivity contribution in [3.05, 3.63) is 119 Å². The Bertz CT molecular complexity index is 1630. The van der Waals surface area contributed by atoms with Crippen LogP contribution >= 0.6 is 0 Å². The predicted molar refractivity (Wildman–Crippen MR) is 162 cm³/mol. The number of hydrogen-bond acceptors (Lipinski definition) is 4. The Hall–Kier alpha value is -4.36. The molecule has 0 radical (unpaired) electrons. The topological polar surface area (TPSA) is 63.1 Å². The number of halogens is 1. The third-order valence-electron chi connectivity index (χ3n) is 7.35. The van der Waals surface area contributed by atoms with E-state index in [1.165, 1.54) is 11.6 Å². The molecule has 41 heavy (non-hydrogen) atoms. The highest BCUT2D eigenvalue weighted by molar-refractivity contribution is 6.06. The summed E-state index contributed by atoms with van der Waals surface area (Å²) in [6.45, 7) is 6.22. The second kappa shape index (κ2) is 12.9. The van der Waals surface area contributed by atoms with Gasteiger partial charge in [0.05, 0.1) is 35.4 Å². The smallest absolute Gasteiger partial charge is 0.252 e. The summed E-state index contributed by atoms with van der Waals surface area (Å²) in [6.07, 6.45) is 3.96. The quantitative estimate of drug-likeness (QED) is 0.193. The van der Waals surface area contributed by atoms with Gasteiger partial charge in [0.15, 0.2) is 5.65 Å². The number of aromatic nitrogens is 3. The zero-order valence-electron chi connectivity index (χ0n) is 23.8. The van der Waals surface area contributed by atoms with Crippen LogP contribution in [0.4, 0.5) is 4.39 Å². The van der Waals surface area contributed by atoms with E-state index in [2.05, 4.69) is 41.4 Å².